The maximum atomic E-state index is 2.65. The van der Waals surface area contributed by atoms with Crippen LogP contribution in [-0.4, -0.2) is 3.92 Å². The second-order valence-electron chi connectivity index (χ2n) is 5.60. The van der Waals surface area contributed by atoms with Gasteiger partial charge in [0.1, 0.15) is 0 Å². The van der Waals surface area contributed by atoms with Gasteiger partial charge in [0.15, 0.2) is 0 Å². The van der Waals surface area contributed by atoms with Gasteiger partial charge in [-0.15, -0.1) is 0 Å². The Morgan fingerprint density at radius 3 is 2.38 bits per heavy atom. The predicted molar refractivity (Wildman–Crippen MR) is 66.3 cm³/mol. The summed E-state index contributed by atoms with van der Waals surface area (Å²) in [4.78, 5) is 0. The molecule has 0 aromatic heterocycles. The smallest absolute Gasteiger partial charge is 0.0140 e. The second-order valence-corrected chi connectivity index (χ2v) is 7.20. The quantitative estimate of drug-likeness (QED) is 0.533. The lowest BCUT2D eigenvalue weighted by Crippen LogP contribution is -2.36. The monoisotopic (exact) mass is 292 g/mol. The Morgan fingerprint density at radius 1 is 1.38 bits per heavy atom. The molecule has 2 fully saturated rings. The molecule has 0 radical (unpaired) electrons. The van der Waals surface area contributed by atoms with Crippen LogP contribution in [-0.2, 0) is 0 Å². The molecule has 0 saturated heterocycles. The van der Waals surface area contributed by atoms with Gasteiger partial charge < -0.3 is 0 Å². The summed E-state index contributed by atoms with van der Waals surface area (Å²) in [7, 11) is 0. The van der Waals surface area contributed by atoms with E-state index in [1.54, 1.807) is 0 Å². The van der Waals surface area contributed by atoms with E-state index in [2.05, 4.69) is 36.4 Å². The van der Waals surface area contributed by atoms with Gasteiger partial charge in [0, 0.05) is 3.92 Å². The third kappa shape index (κ3) is 2.05. The number of alkyl halides is 1. The van der Waals surface area contributed by atoms with E-state index in [1.807, 2.05) is 0 Å². The summed E-state index contributed by atoms with van der Waals surface area (Å²) in [6.45, 7) is 4.98. The van der Waals surface area contributed by atoms with Gasteiger partial charge in [-0.25, -0.2) is 0 Å². The van der Waals surface area contributed by atoms with Crippen molar-refractivity contribution in [3.05, 3.63) is 0 Å². The molecule has 0 aliphatic heterocycles. The van der Waals surface area contributed by atoms with Gasteiger partial charge in [0.25, 0.3) is 0 Å². The van der Waals surface area contributed by atoms with Gasteiger partial charge in [-0.3, -0.25) is 0 Å². The van der Waals surface area contributed by atoms with E-state index in [4.69, 9.17) is 0 Å². The standard InChI is InChI=1S/C12H21I/c1-9(10-4-5-11(10)13)8-12(2)6-3-7-12/h9-11H,3-8H2,1-2H3/t9-,10?,11?/m0/s1. The Bertz CT molecular complexity index is 184. The van der Waals surface area contributed by atoms with Gasteiger partial charge in [-0.1, -0.05) is 42.9 Å². The van der Waals surface area contributed by atoms with Crippen molar-refractivity contribution in [2.75, 3.05) is 0 Å². The van der Waals surface area contributed by atoms with Crippen LogP contribution < -0.4 is 0 Å². The summed E-state index contributed by atoms with van der Waals surface area (Å²) in [6, 6.07) is 0. The lowest BCUT2D eigenvalue weighted by molar-refractivity contribution is 0.0866. The average Bonchev–Trinajstić information content (AvgIpc) is 1.98. The molecule has 0 aromatic rings. The molecule has 2 unspecified atom stereocenters. The lowest BCUT2D eigenvalue weighted by atomic mass is 9.62. The first-order chi connectivity index (χ1) is 6.11. The van der Waals surface area contributed by atoms with Crippen molar-refractivity contribution in [1.82, 2.24) is 0 Å². The van der Waals surface area contributed by atoms with Crippen LogP contribution in [0.2, 0.25) is 0 Å². The van der Waals surface area contributed by atoms with Crippen molar-refractivity contribution in [3.8, 4) is 0 Å². The molecule has 13 heavy (non-hydrogen) atoms. The van der Waals surface area contributed by atoms with Gasteiger partial charge in [-0.2, -0.15) is 0 Å². The molecule has 0 spiro atoms. The summed E-state index contributed by atoms with van der Waals surface area (Å²) in [6.07, 6.45) is 8.96. The van der Waals surface area contributed by atoms with E-state index in [9.17, 15) is 0 Å². The minimum atomic E-state index is 0.741. The van der Waals surface area contributed by atoms with E-state index in [-0.39, 0.29) is 0 Å². The predicted octanol–water partition coefficient (Wildman–Crippen LogP) is 4.42. The van der Waals surface area contributed by atoms with E-state index < -0.39 is 0 Å². The van der Waals surface area contributed by atoms with Crippen LogP contribution in [0.5, 0.6) is 0 Å². The summed E-state index contributed by atoms with van der Waals surface area (Å²) in [5, 5.41) is 0. The summed E-state index contributed by atoms with van der Waals surface area (Å²) in [5.41, 5.74) is 0.741. The molecule has 0 N–H and O–H groups in total. The average molecular weight is 292 g/mol. The fourth-order valence-electron chi connectivity index (χ4n) is 3.04. The van der Waals surface area contributed by atoms with Crippen molar-refractivity contribution in [1.29, 1.82) is 0 Å². The largest absolute Gasteiger partial charge is 0.0823 e. The van der Waals surface area contributed by atoms with E-state index in [0.717, 1.165) is 21.2 Å². The number of halogens is 1. The molecule has 0 heterocycles. The van der Waals surface area contributed by atoms with E-state index in [0.29, 0.717) is 0 Å². The topological polar surface area (TPSA) is 0 Å². The molecule has 2 aliphatic carbocycles. The van der Waals surface area contributed by atoms with Gasteiger partial charge in [0.05, 0.1) is 0 Å². The van der Waals surface area contributed by atoms with Crippen molar-refractivity contribution in [3.63, 3.8) is 0 Å². The molecule has 2 aliphatic rings. The van der Waals surface area contributed by atoms with Gasteiger partial charge >= 0.3 is 0 Å². The molecule has 2 saturated carbocycles. The zero-order valence-corrected chi connectivity index (χ0v) is 11.0. The lowest BCUT2D eigenvalue weighted by Gasteiger charge is -2.45. The zero-order valence-electron chi connectivity index (χ0n) is 8.85. The maximum absolute atomic E-state index is 2.65. The first kappa shape index (κ1) is 10.3. The molecule has 3 atom stereocenters. The van der Waals surface area contributed by atoms with Gasteiger partial charge in [-0.05, 0) is 49.4 Å². The van der Waals surface area contributed by atoms with Crippen LogP contribution in [0.25, 0.3) is 0 Å². The zero-order chi connectivity index (χ0) is 9.47. The molecule has 76 valence electrons. The van der Waals surface area contributed by atoms with Crippen LogP contribution in [0.15, 0.2) is 0 Å². The Kier molecular flexibility index (Phi) is 2.93. The van der Waals surface area contributed by atoms with Crippen LogP contribution in [0.1, 0.15) is 52.4 Å². The summed E-state index contributed by atoms with van der Waals surface area (Å²) >= 11 is 2.65. The van der Waals surface area contributed by atoms with E-state index in [1.165, 1.54) is 38.5 Å². The highest BCUT2D eigenvalue weighted by Gasteiger charge is 2.39. The molecule has 0 aromatic carbocycles. The minimum absolute atomic E-state index is 0.741. The number of hydrogen-bond donors (Lipinski definition) is 0. The molecular weight excluding hydrogens is 271 g/mol. The fraction of sp³-hybridized carbons (Fsp3) is 1.00. The number of hydrogen-bond acceptors (Lipinski definition) is 0. The molecule has 0 bridgehead atoms. The summed E-state index contributed by atoms with van der Waals surface area (Å²) in [5.74, 6) is 2.04. The van der Waals surface area contributed by atoms with E-state index >= 15 is 0 Å². The maximum Gasteiger partial charge on any atom is 0.0140 e. The highest BCUT2D eigenvalue weighted by molar-refractivity contribution is 14.1. The SMILES string of the molecule is C[C@@H](CC1(C)CCC1)C1CCC1I. The third-order valence-corrected chi connectivity index (χ3v) is 5.89. The van der Waals surface area contributed by atoms with Crippen molar-refractivity contribution < 1.29 is 0 Å². The van der Waals surface area contributed by atoms with Crippen molar-refractivity contribution >= 4 is 22.6 Å². The highest BCUT2D eigenvalue weighted by atomic mass is 127. The molecule has 0 nitrogen and oxygen atoms in total. The molecular formula is C12H21I. The summed E-state index contributed by atoms with van der Waals surface area (Å²) < 4.78 is 0.997. The molecule has 0 amide bonds. The Hall–Kier alpha value is 0.730. The molecule has 1 heteroatoms. The Balaban J connectivity index is 1.80. The Labute approximate surface area is 96.0 Å². The van der Waals surface area contributed by atoms with Gasteiger partial charge in [0.2, 0.25) is 0 Å². The number of rotatable bonds is 3. The van der Waals surface area contributed by atoms with Crippen molar-refractivity contribution in [2.24, 2.45) is 17.3 Å². The van der Waals surface area contributed by atoms with Crippen LogP contribution in [0.4, 0.5) is 0 Å². The van der Waals surface area contributed by atoms with Crippen LogP contribution in [0.3, 0.4) is 0 Å². The molecule has 2 rings (SSSR count). The highest BCUT2D eigenvalue weighted by Crippen LogP contribution is 2.50. The second kappa shape index (κ2) is 3.71. The Morgan fingerprint density at radius 2 is 2.08 bits per heavy atom. The van der Waals surface area contributed by atoms with Crippen LogP contribution >= 0.6 is 22.6 Å². The first-order valence-corrected chi connectivity index (χ1v) is 6.99. The third-order valence-electron chi connectivity index (χ3n) is 4.35. The first-order valence-electron chi connectivity index (χ1n) is 5.75. The van der Waals surface area contributed by atoms with Crippen molar-refractivity contribution in [2.45, 2.75) is 56.3 Å². The normalized spacial score (nSPS) is 39.0. The van der Waals surface area contributed by atoms with Crippen LogP contribution in [0, 0.1) is 17.3 Å². The fourth-order valence-corrected chi connectivity index (χ4v) is 4.47. The minimum Gasteiger partial charge on any atom is -0.0823 e.